The third kappa shape index (κ3) is 6.69. The average Bonchev–Trinajstić information content (AvgIpc) is 3.89. The Morgan fingerprint density at radius 3 is 0.583 bits per heavy atom. The number of hydrogen-bond acceptors (Lipinski definition) is 0. The molecule has 0 N–H and O–H groups in total. The minimum absolute atomic E-state index is 1.34. The quantitative estimate of drug-likeness (QED) is 0.156. The molecule has 30 heteroatoms. The van der Waals surface area contributed by atoms with E-state index in [1.807, 2.05) is 0 Å². The predicted octanol–water partition coefficient (Wildman–Crippen LogP) is -37.6. The van der Waals surface area contributed by atoms with Crippen molar-refractivity contribution in [1.82, 2.24) is 9.13 Å². The summed E-state index contributed by atoms with van der Waals surface area (Å²) in [4.78, 5) is 0. The number of fused-ring (bicyclic) bond motifs is 6. The highest BCUT2D eigenvalue weighted by Gasteiger charge is 2.31. The van der Waals surface area contributed by atoms with Crippen LogP contribution in [0.5, 0.6) is 0 Å². The van der Waals surface area contributed by atoms with E-state index in [0.29, 0.717) is 0 Å². The molecule has 318 valence electrons. The first-order chi connectivity index (χ1) is 33.5. The Labute approximate surface area is 455 Å². The van der Waals surface area contributed by atoms with Crippen LogP contribution < -0.4 is 153 Å². The molecule has 0 atom stereocenters. The van der Waals surface area contributed by atoms with E-state index in [1.165, 1.54) is 230 Å². The number of nitrogens with zero attached hydrogens (tertiary/aromatic N) is 2. The molecule has 0 radical (unpaired) electrons. The average molecular weight is 892 g/mol. The molecule has 2 aromatic heterocycles. The van der Waals surface area contributed by atoms with Gasteiger partial charge in [-0.05, 0) is 33.0 Å². The molecule has 2 heterocycles. The monoisotopic (exact) mass is 897 g/mol. The summed E-state index contributed by atoms with van der Waals surface area (Å²) < 4.78 is 5.46. The van der Waals surface area contributed by atoms with Gasteiger partial charge in [-0.1, -0.05) is 120 Å². The van der Waals surface area contributed by atoms with Crippen LogP contribution in [-0.4, -0.2) is 229 Å². The Balaban J connectivity index is 1.48. The van der Waals surface area contributed by atoms with Crippen molar-refractivity contribution in [2.75, 3.05) is 0 Å². The minimum Gasteiger partial charge on any atom is -0.312 e. The third-order valence-corrected chi connectivity index (χ3v) is 20.8. The van der Waals surface area contributed by atoms with Crippen molar-refractivity contribution in [3.63, 3.8) is 0 Å². The number of rotatable bonds is 4. The van der Waals surface area contributed by atoms with E-state index in [4.69, 9.17) is 0 Å². The summed E-state index contributed by atoms with van der Waals surface area (Å²) in [5.74, 6) is 0. The van der Waals surface area contributed by atoms with Crippen LogP contribution >= 0.6 is 0 Å². The number of hydrogen-bond donors (Lipinski definition) is 0. The molecule has 0 aliphatic heterocycles. The summed E-state index contributed by atoms with van der Waals surface area (Å²) in [6, 6.07) is 0. The zero-order valence-electron chi connectivity index (χ0n) is 49.9. The molecule has 0 aliphatic rings. The molecule has 0 unspecified atom stereocenters. The van der Waals surface area contributed by atoms with E-state index in [-0.39, 0.29) is 0 Å². The summed E-state index contributed by atoms with van der Waals surface area (Å²) in [6.45, 7) is 0. The van der Waals surface area contributed by atoms with Crippen LogP contribution in [-0.2, 0) is 0 Å². The second-order valence-electron chi connectivity index (χ2n) is 23.3. The van der Waals surface area contributed by atoms with Gasteiger partial charge in [-0.2, -0.15) is 0 Å². The molecule has 72 heavy (non-hydrogen) atoms. The minimum atomic E-state index is 1.34. The zero-order valence-corrected chi connectivity index (χ0v) is 49.9. The van der Waals surface area contributed by atoms with E-state index in [9.17, 15) is 0 Å². The van der Waals surface area contributed by atoms with Gasteiger partial charge in [-0.3, -0.25) is 0 Å². The van der Waals surface area contributed by atoms with Gasteiger partial charge in [0.1, 0.15) is 220 Å². The van der Waals surface area contributed by atoms with Gasteiger partial charge in [-0.15, -0.1) is 32.8 Å². The maximum Gasteiger partial charge on any atom is 0.141 e. The fourth-order valence-corrected chi connectivity index (χ4v) is 14.3. The largest absolute Gasteiger partial charge is 0.312 e. The highest BCUT2D eigenvalue weighted by Crippen LogP contribution is 2.31. The SMILES string of the molecule is Bc1c(B)c(B)c(-c2c(B)c(B)c(-n3c4c(B)c(B)c(B)c(B)c4c4c(B)c(-c5c(B)c(B)c6c(c5B)c5c(B)c(B)c(B)c(B)c5n6-c5c(B)c(B)c(B)c(B)c5B)c(B)c(B)c43)c(B)c2B)c(B)c1B. The van der Waals surface area contributed by atoms with Crippen LogP contribution in [0.4, 0.5) is 0 Å². The van der Waals surface area contributed by atoms with Crippen LogP contribution in [0, 0.1) is 0 Å². The van der Waals surface area contributed by atoms with Gasteiger partial charge in [0.15, 0.2) is 0 Å². The van der Waals surface area contributed by atoms with Gasteiger partial charge in [0.25, 0.3) is 0 Å². The van der Waals surface area contributed by atoms with Gasteiger partial charge in [0.2, 0.25) is 0 Å². The molecule has 0 saturated heterocycles. The van der Waals surface area contributed by atoms with Crippen molar-refractivity contribution >= 4 is 416 Å². The van der Waals surface area contributed by atoms with Gasteiger partial charge >= 0.3 is 0 Å². The molecule has 0 amide bonds. The molecule has 0 aliphatic carbocycles. The highest BCUT2D eigenvalue weighted by atomic mass is 15.0. The van der Waals surface area contributed by atoms with Crippen LogP contribution in [0.1, 0.15) is 0 Å². The van der Waals surface area contributed by atoms with E-state index >= 15 is 0 Å². The van der Waals surface area contributed by atoms with Crippen molar-refractivity contribution < 1.29 is 0 Å². The Morgan fingerprint density at radius 1 is 0.139 bits per heavy atom. The lowest BCUT2D eigenvalue weighted by atomic mass is 9.56. The molecule has 0 bridgehead atoms. The van der Waals surface area contributed by atoms with Crippen molar-refractivity contribution in [2.45, 2.75) is 0 Å². The van der Waals surface area contributed by atoms with Crippen LogP contribution in [0.15, 0.2) is 0 Å². The highest BCUT2D eigenvalue weighted by molar-refractivity contribution is 6.76. The molecular weight excluding hydrogens is 835 g/mol. The van der Waals surface area contributed by atoms with E-state index < -0.39 is 0 Å². The molecule has 9 rings (SSSR count). The number of benzene rings is 7. The van der Waals surface area contributed by atoms with Crippen molar-refractivity contribution in [3.05, 3.63) is 0 Å². The Kier molecular flexibility index (Phi) is 13.0. The van der Waals surface area contributed by atoms with Crippen LogP contribution in [0.2, 0.25) is 0 Å². The van der Waals surface area contributed by atoms with Gasteiger partial charge in [0.05, 0.1) is 0 Å². The van der Waals surface area contributed by atoms with E-state index in [1.54, 1.807) is 0 Å². The topological polar surface area (TPSA) is 9.86 Å². The lowest BCUT2D eigenvalue weighted by Crippen LogP contribution is -2.57. The Morgan fingerprint density at radius 2 is 0.292 bits per heavy atom. The van der Waals surface area contributed by atoms with Gasteiger partial charge in [0, 0.05) is 44.2 Å². The van der Waals surface area contributed by atoms with Gasteiger partial charge in [-0.25, -0.2) is 0 Å². The van der Waals surface area contributed by atoms with Crippen molar-refractivity contribution in [1.29, 1.82) is 0 Å². The third-order valence-electron chi connectivity index (χ3n) is 20.8. The smallest absolute Gasteiger partial charge is 0.141 e. The van der Waals surface area contributed by atoms with Crippen molar-refractivity contribution in [2.24, 2.45) is 0 Å². The first-order valence-corrected chi connectivity index (χ1v) is 26.8. The van der Waals surface area contributed by atoms with Crippen LogP contribution in [0.25, 0.3) is 77.2 Å². The lowest BCUT2D eigenvalue weighted by molar-refractivity contribution is 1.22. The normalized spacial score (nSPS) is 11.8. The number of aromatic nitrogens is 2. The summed E-state index contributed by atoms with van der Waals surface area (Å²) >= 11 is 0. The standard InChI is InChI=1S/C42H56B28N2/c43-9-1(2-10(44)6-8-18(52)22(56)26(60)34(68)40(8)72(38(6)30(64)14(2)48)42-35(69)27(61)24(58)28(62)36(42)70)13(47)29(63)37-5(9)7-17(51)21(55)25(59)33(67)39(7)71(37)41-31(65)15(49)4(16(50)32(41)66)3-11(45)19(53)23(57)20(54)12(3)46/h43-70H2. The summed E-state index contributed by atoms with van der Waals surface area (Å²) in [5, 5.41) is 5.61. The molecule has 0 spiro atoms. The lowest BCUT2D eigenvalue weighted by Gasteiger charge is -2.29. The zero-order chi connectivity index (χ0) is 53.4. The fraction of sp³-hybridized carbons (Fsp3) is 0. The molecular formula is C42H56B28N2. The maximum atomic E-state index is 2.74. The van der Waals surface area contributed by atoms with Crippen molar-refractivity contribution in [3.8, 4) is 33.6 Å². The maximum absolute atomic E-state index is 2.74. The van der Waals surface area contributed by atoms with E-state index in [2.05, 4.69) is 229 Å². The van der Waals surface area contributed by atoms with Gasteiger partial charge < -0.3 is 9.13 Å². The second kappa shape index (κ2) is 17.8. The molecule has 7 aromatic carbocycles. The predicted molar refractivity (Wildman–Crippen MR) is 415 cm³/mol. The fourth-order valence-electron chi connectivity index (χ4n) is 14.3. The first-order valence-electron chi connectivity index (χ1n) is 26.8. The van der Waals surface area contributed by atoms with E-state index in [0.717, 1.165) is 0 Å². The second-order valence-corrected chi connectivity index (χ2v) is 23.3. The Bertz CT molecular complexity index is 3990. The van der Waals surface area contributed by atoms with Crippen LogP contribution in [0.3, 0.4) is 0 Å². The summed E-state index contributed by atoms with van der Waals surface area (Å²) in [7, 11) is 66.4. The molecule has 0 saturated carbocycles. The first kappa shape index (κ1) is 52.8. The Hall–Kier alpha value is -4.04. The summed E-state index contributed by atoms with van der Waals surface area (Å²) in [5.41, 5.74) is 52.5. The summed E-state index contributed by atoms with van der Waals surface area (Å²) in [6.07, 6.45) is 0. The molecule has 2 nitrogen and oxygen atoms in total. The molecule has 0 fully saturated rings. The molecule has 9 aromatic rings.